The Balaban J connectivity index is 0.000000172. The molecule has 0 aliphatic rings. The highest BCUT2D eigenvalue weighted by atomic mass is 79.9. The third-order valence-electron chi connectivity index (χ3n) is 3.16. The lowest BCUT2D eigenvalue weighted by Gasteiger charge is -2.03. The molecule has 0 fully saturated rings. The number of carbonyl (C=O) groups is 1. The Labute approximate surface area is 137 Å². The van der Waals surface area contributed by atoms with E-state index in [9.17, 15) is 9.90 Å². The molecule has 3 nitrogen and oxygen atoms in total. The number of benzene rings is 3. The number of hydrogen-bond acceptors (Lipinski definition) is 2. The topological polar surface area (TPSA) is 67.8 Å². The van der Waals surface area contributed by atoms with Crippen LogP contribution in [0.3, 0.4) is 0 Å². The number of rotatable bonds is 2. The summed E-state index contributed by atoms with van der Waals surface area (Å²) in [5.41, 5.74) is 5.27. The molecule has 0 atom stereocenters. The predicted molar refractivity (Wildman–Crippen MR) is 89.0 cm³/mol. The highest BCUT2D eigenvalue weighted by molar-refractivity contribution is 9.10. The van der Waals surface area contributed by atoms with Crippen molar-refractivity contribution in [1.29, 1.82) is 0 Å². The second kappa shape index (κ2) is 7.73. The maximum Gasteiger partial charge on any atom is 0.0997 e. The summed E-state index contributed by atoms with van der Waals surface area (Å²) in [5.74, 6) is -1.13. The molecule has 0 aromatic heterocycles. The molecule has 0 spiro atoms. The molecule has 0 heterocycles. The van der Waals surface area contributed by atoms with Gasteiger partial charge in [0, 0.05) is 10.0 Å². The Hall–Kier alpha value is -2.17. The highest BCUT2D eigenvalue weighted by Crippen LogP contribution is 2.14. The summed E-state index contributed by atoms with van der Waals surface area (Å²) < 4.78 is 1.13. The summed E-state index contributed by atoms with van der Waals surface area (Å²) in [6, 6.07) is 20.7. The van der Waals surface area contributed by atoms with Crippen molar-refractivity contribution in [2.24, 2.45) is 0 Å². The first-order valence-electron chi connectivity index (χ1n) is 6.84. The Morgan fingerprint density at radius 2 is 1.68 bits per heavy atom. The second-order valence-electron chi connectivity index (χ2n) is 4.73. The average Bonchev–Trinajstić information content (AvgIpc) is 2.55. The SMILES string of the molecule is O=C([O-])c1ccc2ccccc2c1.[NH3+]Cc1cccc(Br)c1. The lowest BCUT2D eigenvalue weighted by atomic mass is 10.1. The van der Waals surface area contributed by atoms with E-state index in [4.69, 9.17) is 0 Å². The van der Waals surface area contributed by atoms with Crippen molar-refractivity contribution < 1.29 is 15.6 Å². The van der Waals surface area contributed by atoms with E-state index in [1.165, 1.54) is 5.56 Å². The van der Waals surface area contributed by atoms with Gasteiger partial charge >= 0.3 is 0 Å². The molecule has 112 valence electrons. The van der Waals surface area contributed by atoms with Gasteiger partial charge in [-0.25, -0.2) is 0 Å². The van der Waals surface area contributed by atoms with Crippen LogP contribution in [0.5, 0.6) is 0 Å². The number of fused-ring (bicyclic) bond motifs is 1. The highest BCUT2D eigenvalue weighted by Gasteiger charge is 1.95. The largest absolute Gasteiger partial charge is 0.545 e. The smallest absolute Gasteiger partial charge is 0.0997 e. The Bertz CT molecular complexity index is 787. The molecule has 0 aliphatic heterocycles. The summed E-state index contributed by atoms with van der Waals surface area (Å²) in [6.07, 6.45) is 0. The number of quaternary nitrogens is 1. The fourth-order valence-electron chi connectivity index (χ4n) is 2.01. The van der Waals surface area contributed by atoms with Crippen molar-refractivity contribution in [3.63, 3.8) is 0 Å². The van der Waals surface area contributed by atoms with Crippen molar-refractivity contribution in [2.45, 2.75) is 6.54 Å². The van der Waals surface area contributed by atoms with Crippen molar-refractivity contribution in [1.82, 2.24) is 0 Å². The van der Waals surface area contributed by atoms with Crippen LogP contribution in [0, 0.1) is 0 Å². The van der Waals surface area contributed by atoms with E-state index in [1.807, 2.05) is 36.4 Å². The van der Waals surface area contributed by atoms with E-state index in [1.54, 1.807) is 18.2 Å². The number of carboxylic acids is 1. The van der Waals surface area contributed by atoms with Gasteiger partial charge in [-0.3, -0.25) is 0 Å². The zero-order valence-electron chi connectivity index (χ0n) is 12.0. The van der Waals surface area contributed by atoms with E-state index in [0.717, 1.165) is 21.8 Å². The van der Waals surface area contributed by atoms with E-state index in [2.05, 4.69) is 33.8 Å². The molecule has 3 aromatic rings. The van der Waals surface area contributed by atoms with Crippen molar-refractivity contribution in [3.05, 3.63) is 82.3 Å². The van der Waals surface area contributed by atoms with Gasteiger partial charge in [-0.05, 0) is 34.5 Å². The van der Waals surface area contributed by atoms with Gasteiger partial charge in [0.1, 0.15) is 0 Å². The van der Waals surface area contributed by atoms with Crippen molar-refractivity contribution >= 4 is 32.7 Å². The lowest BCUT2D eigenvalue weighted by Crippen LogP contribution is -2.47. The second-order valence-corrected chi connectivity index (χ2v) is 5.64. The molecule has 0 saturated carbocycles. The van der Waals surface area contributed by atoms with Crippen LogP contribution in [0.2, 0.25) is 0 Å². The van der Waals surface area contributed by atoms with Crippen LogP contribution in [0.4, 0.5) is 0 Å². The third kappa shape index (κ3) is 4.41. The first-order chi connectivity index (χ1) is 10.6. The zero-order chi connectivity index (χ0) is 15.9. The Morgan fingerprint density at radius 3 is 2.27 bits per heavy atom. The van der Waals surface area contributed by atoms with Crippen LogP contribution in [0.1, 0.15) is 15.9 Å². The van der Waals surface area contributed by atoms with Gasteiger partial charge in [-0.15, -0.1) is 0 Å². The summed E-state index contributed by atoms with van der Waals surface area (Å²) in [7, 11) is 0. The maximum absolute atomic E-state index is 10.5. The quantitative estimate of drug-likeness (QED) is 0.764. The normalized spacial score (nSPS) is 9.91. The minimum absolute atomic E-state index is 0.221. The molecule has 0 amide bonds. The van der Waals surface area contributed by atoms with Crippen LogP contribution in [-0.4, -0.2) is 5.97 Å². The fraction of sp³-hybridized carbons (Fsp3) is 0.0556. The summed E-state index contributed by atoms with van der Waals surface area (Å²) in [5, 5.41) is 12.5. The van der Waals surface area contributed by atoms with Crippen LogP contribution < -0.4 is 10.8 Å². The number of aromatic carboxylic acids is 1. The van der Waals surface area contributed by atoms with Gasteiger partial charge in [0.15, 0.2) is 0 Å². The third-order valence-corrected chi connectivity index (χ3v) is 3.66. The molecular weight excluding hydrogens is 342 g/mol. The van der Waals surface area contributed by atoms with Gasteiger partial charge in [-0.2, -0.15) is 0 Å². The molecule has 3 N–H and O–H groups in total. The summed E-state index contributed by atoms with van der Waals surface area (Å²) in [6.45, 7) is 0.861. The van der Waals surface area contributed by atoms with Gasteiger partial charge in [-0.1, -0.05) is 64.5 Å². The van der Waals surface area contributed by atoms with Gasteiger partial charge in [0.2, 0.25) is 0 Å². The minimum atomic E-state index is -1.13. The molecule has 3 rings (SSSR count). The molecular formula is C18H16BrNO2. The first-order valence-corrected chi connectivity index (χ1v) is 7.63. The van der Waals surface area contributed by atoms with Crippen LogP contribution in [0.25, 0.3) is 10.8 Å². The van der Waals surface area contributed by atoms with Gasteiger partial charge in [0.25, 0.3) is 0 Å². The van der Waals surface area contributed by atoms with E-state index in [-0.39, 0.29) is 5.56 Å². The van der Waals surface area contributed by atoms with Crippen molar-refractivity contribution in [3.8, 4) is 0 Å². The fourth-order valence-corrected chi connectivity index (χ4v) is 2.46. The van der Waals surface area contributed by atoms with Crippen LogP contribution in [-0.2, 0) is 6.54 Å². The Morgan fingerprint density at radius 1 is 0.955 bits per heavy atom. The van der Waals surface area contributed by atoms with Gasteiger partial charge in [0.05, 0.1) is 12.5 Å². The van der Waals surface area contributed by atoms with E-state index < -0.39 is 5.97 Å². The van der Waals surface area contributed by atoms with E-state index >= 15 is 0 Å². The lowest BCUT2D eigenvalue weighted by molar-refractivity contribution is -0.386. The number of hydrogen-bond donors (Lipinski definition) is 1. The minimum Gasteiger partial charge on any atom is -0.545 e. The average molecular weight is 358 g/mol. The molecule has 0 unspecified atom stereocenters. The number of halogens is 1. The molecule has 4 heteroatoms. The van der Waals surface area contributed by atoms with Crippen molar-refractivity contribution in [2.75, 3.05) is 0 Å². The van der Waals surface area contributed by atoms with Crippen LogP contribution >= 0.6 is 15.9 Å². The number of carboxylic acid groups (broad SMARTS) is 1. The molecule has 0 aliphatic carbocycles. The number of carbonyl (C=O) groups excluding carboxylic acids is 1. The monoisotopic (exact) mass is 357 g/mol. The summed E-state index contributed by atoms with van der Waals surface area (Å²) in [4.78, 5) is 10.5. The molecule has 0 bridgehead atoms. The van der Waals surface area contributed by atoms with Gasteiger partial charge < -0.3 is 15.6 Å². The van der Waals surface area contributed by atoms with Crippen LogP contribution in [0.15, 0.2) is 71.2 Å². The maximum atomic E-state index is 10.5. The molecule has 22 heavy (non-hydrogen) atoms. The standard InChI is InChI=1S/C11H8O2.C7H8BrN/c12-11(13)10-6-5-8-3-1-2-4-9(8)7-10;8-7-3-1-2-6(4-7)5-9/h1-7H,(H,12,13);1-4H,5,9H2. The first kappa shape index (κ1) is 16.2. The summed E-state index contributed by atoms with van der Waals surface area (Å²) >= 11 is 3.38. The molecule has 0 radical (unpaired) electrons. The van der Waals surface area contributed by atoms with E-state index in [0.29, 0.717) is 0 Å². The predicted octanol–water partition coefficient (Wildman–Crippen LogP) is 2.39. The molecule has 3 aromatic carbocycles. The Kier molecular flexibility index (Phi) is 5.69. The zero-order valence-corrected chi connectivity index (χ0v) is 13.5. The molecule has 0 saturated heterocycles.